The standard InChI is InChI=1S/C18H19N3O/c1-2-17(22)21-12-8-15(9-13-21)14-4-6-16(7-5-14)18-19-10-3-11-20-18/h3-8,10-11H,2,9,12-13H2,1H3. The Kier molecular flexibility index (Phi) is 4.28. The van der Waals surface area contributed by atoms with Crippen molar-refractivity contribution >= 4 is 11.5 Å². The maximum absolute atomic E-state index is 11.7. The highest BCUT2D eigenvalue weighted by Gasteiger charge is 2.16. The lowest BCUT2D eigenvalue weighted by molar-refractivity contribution is -0.130. The third kappa shape index (κ3) is 3.06. The largest absolute Gasteiger partial charge is 0.339 e. The topological polar surface area (TPSA) is 46.1 Å². The van der Waals surface area contributed by atoms with Gasteiger partial charge in [-0.1, -0.05) is 37.3 Å². The van der Waals surface area contributed by atoms with E-state index in [0.29, 0.717) is 13.0 Å². The number of aromatic nitrogens is 2. The Hall–Kier alpha value is -2.49. The molecule has 3 rings (SSSR count). The second kappa shape index (κ2) is 6.52. The zero-order chi connectivity index (χ0) is 15.4. The van der Waals surface area contributed by atoms with Crippen LogP contribution in [0.1, 0.15) is 25.3 Å². The number of nitrogens with zero attached hydrogens (tertiary/aromatic N) is 3. The van der Waals surface area contributed by atoms with Crippen LogP contribution in [0.3, 0.4) is 0 Å². The second-order valence-electron chi connectivity index (χ2n) is 5.32. The van der Waals surface area contributed by atoms with Gasteiger partial charge in [-0.25, -0.2) is 9.97 Å². The predicted octanol–water partition coefficient (Wildman–Crippen LogP) is 3.17. The Morgan fingerprint density at radius 3 is 2.41 bits per heavy atom. The summed E-state index contributed by atoms with van der Waals surface area (Å²) in [6, 6.07) is 10.1. The van der Waals surface area contributed by atoms with Crippen molar-refractivity contribution in [1.29, 1.82) is 0 Å². The molecule has 4 heteroatoms. The maximum atomic E-state index is 11.7. The molecular formula is C18H19N3O. The molecule has 0 radical (unpaired) electrons. The van der Waals surface area contributed by atoms with Gasteiger partial charge in [-0.05, 0) is 23.6 Å². The fraction of sp³-hybridized carbons (Fsp3) is 0.278. The first-order valence-electron chi connectivity index (χ1n) is 7.62. The van der Waals surface area contributed by atoms with Gasteiger partial charge in [0.25, 0.3) is 0 Å². The van der Waals surface area contributed by atoms with Gasteiger partial charge in [0, 0.05) is 37.5 Å². The molecule has 2 heterocycles. The molecule has 0 aliphatic carbocycles. The van der Waals surface area contributed by atoms with Gasteiger partial charge in [-0.3, -0.25) is 4.79 Å². The summed E-state index contributed by atoms with van der Waals surface area (Å²) in [5.74, 6) is 0.971. The summed E-state index contributed by atoms with van der Waals surface area (Å²) in [7, 11) is 0. The minimum absolute atomic E-state index is 0.229. The number of hydrogen-bond donors (Lipinski definition) is 0. The predicted molar refractivity (Wildman–Crippen MR) is 86.9 cm³/mol. The van der Waals surface area contributed by atoms with Gasteiger partial charge in [0.1, 0.15) is 0 Å². The van der Waals surface area contributed by atoms with Crippen LogP contribution in [0, 0.1) is 0 Å². The van der Waals surface area contributed by atoms with E-state index in [4.69, 9.17) is 0 Å². The van der Waals surface area contributed by atoms with Crippen molar-refractivity contribution in [3.05, 3.63) is 54.4 Å². The van der Waals surface area contributed by atoms with Crippen LogP contribution in [0.2, 0.25) is 0 Å². The molecule has 1 aliphatic heterocycles. The first kappa shape index (κ1) is 14.4. The highest BCUT2D eigenvalue weighted by molar-refractivity contribution is 5.78. The van der Waals surface area contributed by atoms with Crippen LogP contribution < -0.4 is 0 Å². The highest BCUT2D eigenvalue weighted by atomic mass is 16.2. The van der Waals surface area contributed by atoms with E-state index in [1.165, 1.54) is 11.1 Å². The van der Waals surface area contributed by atoms with Crippen molar-refractivity contribution in [2.45, 2.75) is 19.8 Å². The molecule has 0 saturated carbocycles. The molecule has 0 unspecified atom stereocenters. The van der Waals surface area contributed by atoms with Crippen LogP contribution in [0.25, 0.3) is 17.0 Å². The van der Waals surface area contributed by atoms with E-state index in [1.54, 1.807) is 12.4 Å². The van der Waals surface area contributed by atoms with Crippen molar-refractivity contribution in [2.75, 3.05) is 13.1 Å². The Labute approximate surface area is 130 Å². The molecule has 0 spiro atoms. The third-order valence-corrected chi connectivity index (χ3v) is 3.94. The first-order valence-corrected chi connectivity index (χ1v) is 7.62. The summed E-state index contributed by atoms with van der Waals surface area (Å²) in [5, 5.41) is 0. The van der Waals surface area contributed by atoms with Crippen molar-refractivity contribution in [1.82, 2.24) is 14.9 Å². The number of amides is 1. The van der Waals surface area contributed by atoms with Gasteiger partial charge < -0.3 is 4.90 Å². The van der Waals surface area contributed by atoms with Crippen molar-refractivity contribution in [2.24, 2.45) is 0 Å². The number of carbonyl (C=O) groups is 1. The third-order valence-electron chi connectivity index (χ3n) is 3.94. The fourth-order valence-electron chi connectivity index (χ4n) is 2.66. The lowest BCUT2D eigenvalue weighted by Gasteiger charge is -2.26. The second-order valence-corrected chi connectivity index (χ2v) is 5.32. The van der Waals surface area contributed by atoms with Gasteiger partial charge >= 0.3 is 0 Å². The van der Waals surface area contributed by atoms with Crippen LogP contribution in [-0.4, -0.2) is 33.9 Å². The summed E-state index contributed by atoms with van der Waals surface area (Å²) in [6.45, 7) is 3.43. The van der Waals surface area contributed by atoms with Gasteiger partial charge in [-0.2, -0.15) is 0 Å². The molecule has 0 N–H and O–H groups in total. The average Bonchev–Trinajstić information content (AvgIpc) is 2.62. The lowest BCUT2D eigenvalue weighted by Crippen LogP contribution is -2.34. The molecule has 4 nitrogen and oxygen atoms in total. The Morgan fingerprint density at radius 1 is 1.14 bits per heavy atom. The van der Waals surface area contributed by atoms with Crippen LogP contribution in [0.4, 0.5) is 0 Å². The number of rotatable bonds is 3. The molecule has 1 aromatic heterocycles. The molecule has 0 saturated heterocycles. The van der Waals surface area contributed by atoms with E-state index in [9.17, 15) is 4.79 Å². The van der Waals surface area contributed by atoms with E-state index in [-0.39, 0.29) is 5.91 Å². The molecular weight excluding hydrogens is 274 g/mol. The number of hydrogen-bond acceptors (Lipinski definition) is 3. The zero-order valence-corrected chi connectivity index (χ0v) is 12.7. The summed E-state index contributed by atoms with van der Waals surface area (Å²) in [4.78, 5) is 22.1. The Balaban J connectivity index is 1.74. The normalized spacial score (nSPS) is 14.6. The van der Waals surface area contributed by atoms with Crippen molar-refractivity contribution in [3.8, 4) is 11.4 Å². The van der Waals surface area contributed by atoms with Gasteiger partial charge in [0.05, 0.1) is 0 Å². The lowest BCUT2D eigenvalue weighted by atomic mass is 9.98. The Morgan fingerprint density at radius 2 is 1.82 bits per heavy atom. The summed E-state index contributed by atoms with van der Waals surface area (Å²) in [6.07, 6.45) is 7.14. The van der Waals surface area contributed by atoms with Gasteiger partial charge in [-0.15, -0.1) is 0 Å². The minimum Gasteiger partial charge on any atom is -0.339 e. The van der Waals surface area contributed by atoms with Gasteiger partial charge in [0.15, 0.2) is 5.82 Å². The van der Waals surface area contributed by atoms with E-state index in [2.05, 4.69) is 40.3 Å². The van der Waals surface area contributed by atoms with Crippen molar-refractivity contribution < 1.29 is 4.79 Å². The highest BCUT2D eigenvalue weighted by Crippen LogP contribution is 2.24. The monoisotopic (exact) mass is 293 g/mol. The first-order chi connectivity index (χ1) is 10.8. The van der Waals surface area contributed by atoms with E-state index in [0.717, 1.165) is 24.4 Å². The summed E-state index contributed by atoms with van der Waals surface area (Å²) < 4.78 is 0. The van der Waals surface area contributed by atoms with E-state index >= 15 is 0 Å². The number of carbonyl (C=O) groups excluding carboxylic acids is 1. The minimum atomic E-state index is 0.229. The SMILES string of the molecule is CCC(=O)N1CC=C(c2ccc(-c3ncccn3)cc2)CC1. The molecule has 1 aliphatic rings. The zero-order valence-electron chi connectivity index (χ0n) is 12.7. The molecule has 112 valence electrons. The van der Waals surface area contributed by atoms with Crippen LogP contribution in [0.15, 0.2) is 48.8 Å². The quantitative estimate of drug-likeness (QED) is 0.873. The van der Waals surface area contributed by atoms with Gasteiger partial charge in [0.2, 0.25) is 5.91 Å². The smallest absolute Gasteiger partial charge is 0.222 e. The van der Waals surface area contributed by atoms with E-state index < -0.39 is 0 Å². The molecule has 0 bridgehead atoms. The summed E-state index contributed by atoms with van der Waals surface area (Å²) in [5.41, 5.74) is 3.53. The molecule has 0 fully saturated rings. The average molecular weight is 293 g/mol. The molecule has 2 aromatic rings. The van der Waals surface area contributed by atoms with Crippen molar-refractivity contribution in [3.63, 3.8) is 0 Å². The molecule has 22 heavy (non-hydrogen) atoms. The summed E-state index contributed by atoms with van der Waals surface area (Å²) >= 11 is 0. The van der Waals surface area contributed by atoms with Crippen LogP contribution >= 0.6 is 0 Å². The number of benzene rings is 1. The van der Waals surface area contributed by atoms with E-state index in [1.807, 2.05) is 17.9 Å². The fourth-order valence-corrected chi connectivity index (χ4v) is 2.66. The Bertz CT molecular complexity index is 677. The maximum Gasteiger partial charge on any atom is 0.222 e. The van der Waals surface area contributed by atoms with Crippen LogP contribution in [-0.2, 0) is 4.79 Å². The van der Waals surface area contributed by atoms with Crippen LogP contribution in [0.5, 0.6) is 0 Å². The molecule has 1 aromatic carbocycles. The molecule has 0 atom stereocenters. The molecule has 1 amide bonds.